The number of ketones is 2. The van der Waals surface area contributed by atoms with Crippen molar-refractivity contribution in [2.75, 3.05) is 0 Å². The Morgan fingerprint density at radius 3 is 1.95 bits per heavy atom. The maximum absolute atomic E-state index is 12.2. The maximum atomic E-state index is 12.2. The molecule has 2 aromatic rings. The van der Waals surface area contributed by atoms with Crippen LogP contribution in [0.2, 0.25) is 0 Å². The van der Waals surface area contributed by atoms with Crippen molar-refractivity contribution in [1.29, 1.82) is 0 Å². The molecule has 0 amide bonds. The molecular weight excluding hydrogens is 272 g/mol. The summed E-state index contributed by atoms with van der Waals surface area (Å²) in [6, 6.07) is 8.97. The second-order valence-electron chi connectivity index (χ2n) is 4.06. The number of hydrogen-bond acceptors (Lipinski definition) is 4. The van der Waals surface area contributed by atoms with Crippen LogP contribution in [0, 0.1) is 0 Å². The van der Waals surface area contributed by atoms with Gasteiger partial charge < -0.3 is 10.2 Å². The van der Waals surface area contributed by atoms with Gasteiger partial charge in [0.1, 0.15) is 0 Å². The minimum atomic E-state index is -0.541. The second-order valence-corrected chi connectivity index (χ2v) is 4.06. The van der Waals surface area contributed by atoms with Crippen LogP contribution in [0.3, 0.4) is 0 Å². The van der Waals surface area contributed by atoms with E-state index in [-0.39, 0.29) is 60.2 Å². The van der Waals surface area contributed by atoms with Crippen LogP contribution in [0.5, 0.6) is 11.5 Å². The third kappa shape index (κ3) is 1.96. The van der Waals surface area contributed by atoms with Gasteiger partial charge >= 0.3 is 0 Å². The Hall–Kier alpha value is -1.36. The van der Waals surface area contributed by atoms with Gasteiger partial charge in [0.15, 0.2) is 23.1 Å². The van der Waals surface area contributed by atoms with Crippen LogP contribution in [0.15, 0.2) is 36.4 Å². The predicted octanol–water partition coefficient (Wildman–Crippen LogP) is 1.49. The van der Waals surface area contributed by atoms with Crippen LogP contribution >= 0.6 is 0 Å². The van der Waals surface area contributed by atoms with E-state index >= 15 is 0 Å². The van der Waals surface area contributed by atoms with E-state index in [0.29, 0.717) is 5.56 Å². The van der Waals surface area contributed by atoms with Gasteiger partial charge in [-0.3, -0.25) is 9.59 Å². The molecule has 0 aromatic heterocycles. The van der Waals surface area contributed by atoms with Crippen LogP contribution in [-0.2, 0) is 0 Å². The Morgan fingerprint density at radius 1 is 0.737 bits per heavy atom. The largest absolute Gasteiger partial charge is 0.504 e. The fourth-order valence-corrected chi connectivity index (χ4v) is 2.16. The zero-order chi connectivity index (χ0) is 12.9. The van der Waals surface area contributed by atoms with Crippen LogP contribution in [0.4, 0.5) is 0 Å². The van der Waals surface area contributed by atoms with Crippen molar-refractivity contribution in [2.24, 2.45) is 0 Å². The maximum Gasteiger partial charge on any atom is 0.198 e. The van der Waals surface area contributed by atoms with Gasteiger partial charge in [-0.25, -0.2) is 0 Å². The van der Waals surface area contributed by atoms with Crippen LogP contribution in [0.1, 0.15) is 31.8 Å². The number of carbonyl (C=O) groups is 2. The van der Waals surface area contributed by atoms with Gasteiger partial charge in [-0.2, -0.15) is 0 Å². The molecule has 0 fully saturated rings. The van der Waals surface area contributed by atoms with Crippen molar-refractivity contribution in [3.8, 4) is 11.5 Å². The molecular formula is C14H8CaO4. The number of carbonyl (C=O) groups excluding carboxylic acids is 2. The molecule has 4 nitrogen and oxygen atoms in total. The summed E-state index contributed by atoms with van der Waals surface area (Å²) >= 11 is 0. The minimum Gasteiger partial charge on any atom is -0.504 e. The number of aromatic hydroxyl groups is 2. The van der Waals surface area contributed by atoms with Crippen molar-refractivity contribution in [3.05, 3.63) is 58.7 Å². The van der Waals surface area contributed by atoms with Gasteiger partial charge in [0, 0.05) is 54.4 Å². The summed E-state index contributed by atoms with van der Waals surface area (Å²) in [4.78, 5) is 24.4. The SMILES string of the molecule is O=C1c2ccccc2C(=O)c2c1ccc(O)c2O.[Ca]. The summed E-state index contributed by atoms with van der Waals surface area (Å²) in [5.41, 5.74) is 0.559. The van der Waals surface area contributed by atoms with Crippen LogP contribution < -0.4 is 0 Å². The number of hydrogen-bond donors (Lipinski definition) is 2. The Morgan fingerprint density at radius 2 is 1.32 bits per heavy atom. The van der Waals surface area contributed by atoms with Crippen LogP contribution in [0.25, 0.3) is 0 Å². The topological polar surface area (TPSA) is 74.6 Å². The summed E-state index contributed by atoms with van der Waals surface area (Å²) in [5, 5.41) is 19.1. The first-order chi connectivity index (χ1) is 8.61. The molecule has 0 bridgehead atoms. The molecule has 90 valence electrons. The Bertz CT molecular complexity index is 707. The number of rotatable bonds is 0. The fraction of sp³-hybridized carbons (Fsp3) is 0. The standard InChI is InChI=1S/C14H8O4.Ca/c15-10-6-5-9-11(14(10)18)13(17)8-4-2-1-3-7(8)12(9)16;/h1-6,15,18H;. The Balaban J connectivity index is 0.00000133. The summed E-state index contributed by atoms with van der Waals surface area (Å²) < 4.78 is 0. The van der Waals surface area contributed by atoms with E-state index in [9.17, 15) is 19.8 Å². The van der Waals surface area contributed by atoms with E-state index in [1.165, 1.54) is 18.2 Å². The molecule has 0 saturated carbocycles. The van der Waals surface area contributed by atoms with Gasteiger partial charge in [-0.15, -0.1) is 0 Å². The molecule has 19 heavy (non-hydrogen) atoms. The van der Waals surface area contributed by atoms with E-state index < -0.39 is 17.3 Å². The van der Waals surface area contributed by atoms with E-state index in [0.717, 1.165) is 0 Å². The first-order valence-corrected chi connectivity index (χ1v) is 5.34. The van der Waals surface area contributed by atoms with Gasteiger partial charge in [-0.1, -0.05) is 24.3 Å². The molecule has 0 atom stereocenters. The smallest absolute Gasteiger partial charge is 0.198 e. The zero-order valence-electron chi connectivity index (χ0n) is 9.88. The first kappa shape index (κ1) is 14.1. The van der Waals surface area contributed by atoms with Crippen LogP contribution in [-0.4, -0.2) is 59.5 Å². The molecule has 0 heterocycles. The monoisotopic (exact) mass is 280 g/mol. The molecule has 3 rings (SSSR count). The van der Waals surface area contributed by atoms with Gasteiger partial charge in [0.2, 0.25) is 0 Å². The molecule has 2 N–H and O–H groups in total. The van der Waals surface area contributed by atoms with Gasteiger partial charge in [0.25, 0.3) is 0 Å². The van der Waals surface area contributed by atoms with Crippen molar-refractivity contribution in [1.82, 2.24) is 0 Å². The third-order valence-electron chi connectivity index (χ3n) is 3.04. The van der Waals surface area contributed by atoms with Crippen molar-refractivity contribution in [2.45, 2.75) is 0 Å². The van der Waals surface area contributed by atoms with Crippen molar-refractivity contribution >= 4 is 49.3 Å². The molecule has 2 radical (unpaired) electrons. The molecule has 0 spiro atoms. The zero-order valence-corrected chi connectivity index (χ0v) is 12.1. The number of fused-ring (bicyclic) bond motifs is 2. The molecule has 1 aliphatic rings. The van der Waals surface area contributed by atoms with Crippen molar-refractivity contribution in [3.63, 3.8) is 0 Å². The quantitative estimate of drug-likeness (QED) is 0.483. The molecule has 1 aliphatic carbocycles. The first-order valence-electron chi connectivity index (χ1n) is 5.34. The molecule has 5 heteroatoms. The average molecular weight is 280 g/mol. The number of benzene rings is 2. The molecule has 0 aliphatic heterocycles. The Kier molecular flexibility index (Phi) is 3.67. The minimum absolute atomic E-state index is 0. The van der Waals surface area contributed by atoms with E-state index in [1.807, 2.05) is 0 Å². The van der Waals surface area contributed by atoms with Crippen molar-refractivity contribution < 1.29 is 19.8 Å². The summed E-state index contributed by atoms with van der Waals surface area (Å²) in [6.45, 7) is 0. The Labute approximate surface area is 138 Å². The molecule has 0 saturated heterocycles. The second kappa shape index (κ2) is 4.96. The molecule has 0 unspecified atom stereocenters. The van der Waals surface area contributed by atoms with Gasteiger partial charge in [0.05, 0.1) is 5.56 Å². The summed E-state index contributed by atoms with van der Waals surface area (Å²) in [7, 11) is 0. The summed E-state index contributed by atoms with van der Waals surface area (Å²) in [6.07, 6.45) is 0. The van der Waals surface area contributed by atoms with E-state index in [2.05, 4.69) is 0 Å². The molecule has 2 aromatic carbocycles. The van der Waals surface area contributed by atoms with Gasteiger partial charge in [-0.05, 0) is 12.1 Å². The summed E-state index contributed by atoms with van der Waals surface area (Å²) in [5.74, 6) is -1.72. The fourth-order valence-electron chi connectivity index (χ4n) is 2.16. The van der Waals surface area contributed by atoms with E-state index in [4.69, 9.17) is 0 Å². The normalized spacial score (nSPS) is 12.4. The average Bonchev–Trinajstić information content (AvgIpc) is 2.39. The predicted molar refractivity (Wildman–Crippen MR) is 68.8 cm³/mol. The number of phenols is 2. The number of phenolic OH excluding ortho intramolecular Hbond substituents is 2. The van der Waals surface area contributed by atoms with E-state index in [1.54, 1.807) is 18.2 Å². The third-order valence-corrected chi connectivity index (χ3v) is 3.04.